The predicted molar refractivity (Wildman–Crippen MR) is 109 cm³/mol. The summed E-state index contributed by atoms with van der Waals surface area (Å²) >= 11 is 0.930. The van der Waals surface area contributed by atoms with Crippen molar-refractivity contribution in [1.82, 2.24) is 9.80 Å². The van der Waals surface area contributed by atoms with Crippen molar-refractivity contribution in [3.63, 3.8) is 0 Å². The Balaban J connectivity index is 1.68. The molecule has 0 N–H and O–H groups in total. The van der Waals surface area contributed by atoms with E-state index < -0.39 is 0 Å². The Morgan fingerprint density at radius 1 is 1.24 bits per heavy atom. The van der Waals surface area contributed by atoms with Crippen LogP contribution < -0.4 is 9.47 Å². The van der Waals surface area contributed by atoms with Gasteiger partial charge in [0.15, 0.2) is 18.1 Å². The molecule has 156 valence electrons. The number of carbonyl (C=O) groups excluding carboxylic acids is 3. The predicted octanol–water partition coefficient (Wildman–Crippen LogP) is 2.38. The van der Waals surface area contributed by atoms with Crippen molar-refractivity contribution in [2.75, 3.05) is 46.6 Å². The molecule has 3 rings (SSSR count). The molecule has 0 aromatic heterocycles. The molecule has 0 spiro atoms. The third-order valence-electron chi connectivity index (χ3n) is 4.52. The Morgan fingerprint density at radius 3 is 2.69 bits per heavy atom. The lowest BCUT2D eigenvalue weighted by molar-refractivity contribution is -0.137. The molecule has 0 bridgehead atoms. The summed E-state index contributed by atoms with van der Waals surface area (Å²) in [5.74, 6) is 0.493. The van der Waals surface area contributed by atoms with Gasteiger partial charge in [0.25, 0.3) is 17.1 Å². The number of benzene rings is 1. The molecule has 1 aromatic rings. The molecule has 9 heteroatoms. The topological polar surface area (TPSA) is 85.4 Å². The molecule has 2 fully saturated rings. The summed E-state index contributed by atoms with van der Waals surface area (Å²) in [6.07, 6.45) is 2.38. The number of amides is 3. The average Bonchev–Trinajstić information content (AvgIpc) is 3.00. The molecule has 2 aliphatic heterocycles. The molecule has 2 heterocycles. The van der Waals surface area contributed by atoms with Gasteiger partial charge in [-0.3, -0.25) is 19.3 Å². The van der Waals surface area contributed by atoms with Gasteiger partial charge >= 0.3 is 0 Å². The molecule has 0 saturated carbocycles. The lowest BCUT2D eigenvalue weighted by Gasteiger charge is -2.26. The summed E-state index contributed by atoms with van der Waals surface area (Å²) in [5.41, 5.74) is 0.704. The number of rotatable bonds is 7. The van der Waals surface area contributed by atoms with Crippen molar-refractivity contribution in [3.8, 4) is 11.5 Å². The van der Waals surface area contributed by atoms with E-state index in [1.807, 2.05) is 6.92 Å². The van der Waals surface area contributed by atoms with E-state index in [1.54, 1.807) is 29.2 Å². The van der Waals surface area contributed by atoms with Crippen LogP contribution in [0.1, 0.15) is 18.9 Å². The normalized spacial score (nSPS) is 18.5. The zero-order valence-corrected chi connectivity index (χ0v) is 17.3. The number of methoxy groups -OCH3 is 1. The van der Waals surface area contributed by atoms with Crippen LogP contribution in [0.25, 0.3) is 6.08 Å². The van der Waals surface area contributed by atoms with Crippen LogP contribution in [0.2, 0.25) is 0 Å². The minimum Gasteiger partial charge on any atom is -0.493 e. The fourth-order valence-corrected chi connectivity index (χ4v) is 3.87. The monoisotopic (exact) mass is 420 g/mol. The Hall–Kier alpha value is -2.52. The van der Waals surface area contributed by atoms with Gasteiger partial charge in [-0.2, -0.15) is 0 Å². The molecule has 2 aliphatic rings. The zero-order valence-electron chi connectivity index (χ0n) is 16.5. The van der Waals surface area contributed by atoms with Crippen molar-refractivity contribution in [3.05, 3.63) is 28.7 Å². The van der Waals surface area contributed by atoms with Crippen molar-refractivity contribution in [1.29, 1.82) is 0 Å². The first-order valence-corrected chi connectivity index (χ1v) is 10.3. The number of hydrogen-bond donors (Lipinski definition) is 0. The van der Waals surface area contributed by atoms with Gasteiger partial charge < -0.3 is 19.1 Å². The van der Waals surface area contributed by atoms with E-state index in [0.717, 1.165) is 11.8 Å². The second kappa shape index (κ2) is 9.80. The molecule has 0 radical (unpaired) electrons. The minimum atomic E-state index is -0.280. The van der Waals surface area contributed by atoms with Gasteiger partial charge in [-0.1, -0.05) is 13.0 Å². The standard InChI is InChI=1S/C20H24N2O6S/c1-3-6-22-19(24)17(29-20(22)25)12-14-4-5-15(16(11-14)26-2)28-13-18(23)21-7-9-27-10-8-21/h4-5,11-12H,3,6-10,13H2,1-2H3/b17-12-. The maximum absolute atomic E-state index is 12.4. The first kappa shape index (κ1) is 21.2. The summed E-state index contributed by atoms with van der Waals surface area (Å²) in [6.45, 7) is 4.43. The third-order valence-corrected chi connectivity index (χ3v) is 5.43. The fraction of sp³-hybridized carbons (Fsp3) is 0.450. The van der Waals surface area contributed by atoms with Crippen molar-refractivity contribution < 1.29 is 28.6 Å². The Kier molecular flexibility index (Phi) is 7.16. The molecular weight excluding hydrogens is 396 g/mol. The van der Waals surface area contributed by atoms with E-state index in [-0.39, 0.29) is 23.7 Å². The second-order valence-corrected chi connectivity index (χ2v) is 7.52. The lowest BCUT2D eigenvalue weighted by atomic mass is 10.2. The summed E-state index contributed by atoms with van der Waals surface area (Å²) in [4.78, 5) is 39.9. The van der Waals surface area contributed by atoms with Crippen LogP contribution >= 0.6 is 11.8 Å². The van der Waals surface area contributed by atoms with Gasteiger partial charge in [-0.05, 0) is 42.0 Å². The first-order valence-electron chi connectivity index (χ1n) is 9.45. The maximum atomic E-state index is 12.4. The van der Waals surface area contributed by atoms with Gasteiger partial charge in [0.2, 0.25) is 0 Å². The number of ether oxygens (including phenoxy) is 3. The number of carbonyl (C=O) groups is 3. The van der Waals surface area contributed by atoms with E-state index >= 15 is 0 Å². The quantitative estimate of drug-likeness (QED) is 0.626. The maximum Gasteiger partial charge on any atom is 0.293 e. The van der Waals surface area contributed by atoms with Gasteiger partial charge in [-0.25, -0.2) is 0 Å². The molecule has 8 nitrogen and oxygen atoms in total. The number of morpholine rings is 1. The van der Waals surface area contributed by atoms with Crippen LogP contribution in [0.4, 0.5) is 4.79 Å². The number of nitrogens with zero attached hydrogens (tertiary/aromatic N) is 2. The highest BCUT2D eigenvalue weighted by Gasteiger charge is 2.34. The fourth-order valence-electron chi connectivity index (χ4n) is 3.00. The number of hydrogen-bond acceptors (Lipinski definition) is 7. The van der Waals surface area contributed by atoms with Gasteiger partial charge in [-0.15, -0.1) is 0 Å². The van der Waals surface area contributed by atoms with Crippen molar-refractivity contribution in [2.24, 2.45) is 0 Å². The van der Waals surface area contributed by atoms with Crippen LogP contribution in [0.3, 0.4) is 0 Å². The van der Waals surface area contributed by atoms with Crippen molar-refractivity contribution in [2.45, 2.75) is 13.3 Å². The van der Waals surface area contributed by atoms with E-state index in [0.29, 0.717) is 61.2 Å². The number of imide groups is 1. The molecule has 2 saturated heterocycles. The third kappa shape index (κ3) is 5.10. The molecule has 3 amide bonds. The Labute approximate surface area is 173 Å². The van der Waals surface area contributed by atoms with E-state index in [1.165, 1.54) is 12.0 Å². The number of thioether (sulfide) groups is 1. The largest absolute Gasteiger partial charge is 0.493 e. The molecule has 29 heavy (non-hydrogen) atoms. The van der Waals surface area contributed by atoms with Crippen LogP contribution in [0, 0.1) is 0 Å². The van der Waals surface area contributed by atoms with Gasteiger partial charge in [0.05, 0.1) is 25.2 Å². The SMILES string of the molecule is CCCN1C(=O)S/C(=C\c2ccc(OCC(=O)N3CCOCC3)c(OC)c2)C1=O. The Morgan fingerprint density at radius 2 is 2.00 bits per heavy atom. The molecule has 0 atom stereocenters. The first-order chi connectivity index (χ1) is 14.0. The molecule has 1 aromatic carbocycles. The highest BCUT2D eigenvalue weighted by Crippen LogP contribution is 2.34. The molecule has 0 aliphatic carbocycles. The van der Waals surface area contributed by atoms with Gasteiger partial charge in [0, 0.05) is 19.6 Å². The highest BCUT2D eigenvalue weighted by molar-refractivity contribution is 8.18. The van der Waals surface area contributed by atoms with Crippen molar-refractivity contribution >= 4 is 34.9 Å². The smallest absolute Gasteiger partial charge is 0.293 e. The summed E-state index contributed by atoms with van der Waals surface area (Å²) < 4.78 is 16.3. The summed E-state index contributed by atoms with van der Waals surface area (Å²) in [6, 6.07) is 5.15. The second-order valence-electron chi connectivity index (χ2n) is 6.53. The van der Waals surface area contributed by atoms with Crippen LogP contribution in [0.15, 0.2) is 23.1 Å². The van der Waals surface area contributed by atoms with Crippen LogP contribution in [-0.4, -0.2) is 73.4 Å². The molecule has 0 unspecified atom stereocenters. The van der Waals surface area contributed by atoms with Crippen LogP contribution in [0.5, 0.6) is 11.5 Å². The summed E-state index contributed by atoms with van der Waals surface area (Å²) in [7, 11) is 1.50. The lowest BCUT2D eigenvalue weighted by Crippen LogP contribution is -2.43. The minimum absolute atomic E-state index is 0.0917. The van der Waals surface area contributed by atoms with E-state index in [9.17, 15) is 14.4 Å². The van der Waals surface area contributed by atoms with E-state index in [2.05, 4.69) is 0 Å². The van der Waals surface area contributed by atoms with Crippen LogP contribution in [-0.2, 0) is 14.3 Å². The highest BCUT2D eigenvalue weighted by atomic mass is 32.2. The Bertz CT molecular complexity index is 819. The van der Waals surface area contributed by atoms with Gasteiger partial charge in [0.1, 0.15) is 0 Å². The van der Waals surface area contributed by atoms with E-state index in [4.69, 9.17) is 14.2 Å². The summed E-state index contributed by atoms with van der Waals surface area (Å²) in [5, 5.41) is -0.253. The zero-order chi connectivity index (χ0) is 20.8. The molecular formula is C20H24N2O6S. The average molecular weight is 420 g/mol.